The highest BCUT2D eigenvalue weighted by Gasteiger charge is 2.00. The van der Waals surface area contributed by atoms with Gasteiger partial charge in [-0.1, -0.05) is 20.3 Å². The smallest absolute Gasteiger partial charge is 0.0986 e. The molecule has 0 amide bonds. The molecule has 0 unspecified atom stereocenters. The lowest BCUT2D eigenvalue weighted by atomic mass is 10.3. The van der Waals surface area contributed by atoms with E-state index in [1.54, 1.807) is 7.11 Å². The zero-order valence-electron chi connectivity index (χ0n) is 8.10. The highest BCUT2D eigenvalue weighted by Crippen LogP contribution is 1.96. The molecule has 68 valence electrons. The molecule has 11 heavy (non-hydrogen) atoms. The molecule has 0 spiro atoms. The summed E-state index contributed by atoms with van der Waals surface area (Å²) in [5.41, 5.74) is 0. The molecule has 2 heteroatoms. The molecule has 0 aliphatic heterocycles. The van der Waals surface area contributed by atoms with E-state index < -0.39 is 0 Å². The Balaban J connectivity index is 3.34. The fraction of sp³-hybridized carbons (Fsp3) is 1.00. The Morgan fingerprint density at radius 2 is 1.82 bits per heavy atom. The van der Waals surface area contributed by atoms with Crippen LogP contribution in [0.1, 0.15) is 33.1 Å². The van der Waals surface area contributed by atoms with E-state index in [0.29, 0.717) is 0 Å². The average Bonchev–Trinajstić information content (AvgIpc) is 2.01. The standard InChI is InChI=1S/C9H21NO/c1-4-6-8-10(7-5-2)9-11-3/h4-9H2,1-3H3. The molecule has 2 nitrogen and oxygen atoms in total. The number of unbranched alkanes of at least 4 members (excludes halogenated alkanes) is 1. The Morgan fingerprint density at radius 3 is 2.27 bits per heavy atom. The summed E-state index contributed by atoms with van der Waals surface area (Å²) in [6.45, 7) is 7.55. The van der Waals surface area contributed by atoms with Crippen LogP contribution in [-0.2, 0) is 4.74 Å². The van der Waals surface area contributed by atoms with E-state index in [0.717, 1.165) is 13.3 Å². The van der Waals surface area contributed by atoms with E-state index in [-0.39, 0.29) is 0 Å². The normalized spacial score (nSPS) is 10.9. The third-order valence-electron chi connectivity index (χ3n) is 1.68. The van der Waals surface area contributed by atoms with E-state index in [9.17, 15) is 0 Å². The van der Waals surface area contributed by atoms with Gasteiger partial charge in [0.05, 0.1) is 6.73 Å². The van der Waals surface area contributed by atoms with Gasteiger partial charge in [0.1, 0.15) is 0 Å². The lowest BCUT2D eigenvalue weighted by Crippen LogP contribution is -2.27. The van der Waals surface area contributed by atoms with Crippen molar-refractivity contribution in [3.05, 3.63) is 0 Å². The van der Waals surface area contributed by atoms with Crippen LogP contribution in [0.5, 0.6) is 0 Å². The highest BCUT2D eigenvalue weighted by atomic mass is 16.5. The summed E-state index contributed by atoms with van der Waals surface area (Å²) in [6, 6.07) is 0. The van der Waals surface area contributed by atoms with Gasteiger partial charge in [-0.3, -0.25) is 4.90 Å². The van der Waals surface area contributed by atoms with Gasteiger partial charge in [-0.15, -0.1) is 0 Å². The number of rotatable bonds is 7. The van der Waals surface area contributed by atoms with Crippen LogP contribution in [0, 0.1) is 0 Å². The molecule has 0 aliphatic rings. The van der Waals surface area contributed by atoms with Crippen molar-refractivity contribution in [2.24, 2.45) is 0 Å². The van der Waals surface area contributed by atoms with E-state index in [1.165, 1.54) is 25.8 Å². The second kappa shape index (κ2) is 8.02. The van der Waals surface area contributed by atoms with Gasteiger partial charge in [-0.2, -0.15) is 0 Å². The first-order valence-corrected chi connectivity index (χ1v) is 4.56. The van der Waals surface area contributed by atoms with Crippen molar-refractivity contribution in [3.8, 4) is 0 Å². The maximum absolute atomic E-state index is 5.08. The quantitative estimate of drug-likeness (QED) is 0.527. The molecule has 0 bridgehead atoms. The lowest BCUT2D eigenvalue weighted by molar-refractivity contribution is 0.0623. The summed E-state index contributed by atoms with van der Waals surface area (Å²) in [6.07, 6.45) is 3.76. The summed E-state index contributed by atoms with van der Waals surface area (Å²) < 4.78 is 5.08. The van der Waals surface area contributed by atoms with Gasteiger partial charge in [0, 0.05) is 20.2 Å². The maximum atomic E-state index is 5.08. The third kappa shape index (κ3) is 6.32. The first-order valence-electron chi connectivity index (χ1n) is 4.56. The number of hydrogen-bond acceptors (Lipinski definition) is 2. The zero-order valence-corrected chi connectivity index (χ0v) is 8.10. The lowest BCUT2D eigenvalue weighted by Gasteiger charge is -2.19. The first kappa shape index (κ1) is 10.9. The maximum Gasteiger partial charge on any atom is 0.0986 e. The van der Waals surface area contributed by atoms with Crippen LogP contribution in [-0.4, -0.2) is 31.8 Å². The number of methoxy groups -OCH3 is 1. The summed E-state index contributed by atoms with van der Waals surface area (Å²) in [7, 11) is 1.76. The van der Waals surface area contributed by atoms with E-state index in [1.807, 2.05) is 0 Å². The van der Waals surface area contributed by atoms with E-state index in [2.05, 4.69) is 18.7 Å². The molecule has 0 radical (unpaired) electrons. The van der Waals surface area contributed by atoms with Crippen LogP contribution in [0.3, 0.4) is 0 Å². The Hall–Kier alpha value is -0.0800. The second-order valence-corrected chi connectivity index (χ2v) is 2.89. The minimum absolute atomic E-state index is 0.786. The fourth-order valence-electron chi connectivity index (χ4n) is 1.12. The van der Waals surface area contributed by atoms with Gasteiger partial charge < -0.3 is 4.74 Å². The largest absolute Gasteiger partial charge is 0.369 e. The topological polar surface area (TPSA) is 12.5 Å². The first-order chi connectivity index (χ1) is 5.35. The molecule has 0 aromatic rings. The second-order valence-electron chi connectivity index (χ2n) is 2.89. The highest BCUT2D eigenvalue weighted by molar-refractivity contribution is 4.50. The van der Waals surface area contributed by atoms with Gasteiger partial charge >= 0.3 is 0 Å². The molecule has 0 atom stereocenters. The predicted molar refractivity (Wildman–Crippen MR) is 48.6 cm³/mol. The van der Waals surface area contributed by atoms with Crippen molar-refractivity contribution in [3.63, 3.8) is 0 Å². The van der Waals surface area contributed by atoms with Crippen molar-refractivity contribution in [2.75, 3.05) is 26.9 Å². The molecule has 0 fully saturated rings. The van der Waals surface area contributed by atoms with Crippen molar-refractivity contribution in [2.45, 2.75) is 33.1 Å². The van der Waals surface area contributed by atoms with Gasteiger partial charge in [-0.25, -0.2) is 0 Å². The Morgan fingerprint density at radius 1 is 1.09 bits per heavy atom. The van der Waals surface area contributed by atoms with Gasteiger partial charge in [0.15, 0.2) is 0 Å². The molecule has 0 saturated carbocycles. The SMILES string of the molecule is CCCCN(CCC)COC. The molecule has 0 saturated heterocycles. The summed E-state index contributed by atoms with van der Waals surface area (Å²) >= 11 is 0. The van der Waals surface area contributed by atoms with Crippen LogP contribution in [0.2, 0.25) is 0 Å². The third-order valence-corrected chi connectivity index (χ3v) is 1.68. The molecule has 0 aliphatic carbocycles. The van der Waals surface area contributed by atoms with Crippen molar-refractivity contribution in [1.82, 2.24) is 4.90 Å². The molecular formula is C9H21NO. The van der Waals surface area contributed by atoms with E-state index >= 15 is 0 Å². The van der Waals surface area contributed by atoms with Crippen molar-refractivity contribution in [1.29, 1.82) is 0 Å². The monoisotopic (exact) mass is 159 g/mol. The number of hydrogen-bond donors (Lipinski definition) is 0. The fourth-order valence-corrected chi connectivity index (χ4v) is 1.12. The zero-order chi connectivity index (χ0) is 8.53. The average molecular weight is 159 g/mol. The van der Waals surface area contributed by atoms with Gasteiger partial charge in [0.2, 0.25) is 0 Å². The molecule has 0 aromatic carbocycles. The minimum Gasteiger partial charge on any atom is -0.369 e. The summed E-state index contributed by atoms with van der Waals surface area (Å²) in [4.78, 5) is 2.35. The molecule has 0 rings (SSSR count). The summed E-state index contributed by atoms with van der Waals surface area (Å²) in [5, 5.41) is 0. The summed E-state index contributed by atoms with van der Waals surface area (Å²) in [5.74, 6) is 0. The minimum atomic E-state index is 0.786. The Bertz CT molecular complexity index is 70.0. The van der Waals surface area contributed by atoms with Crippen LogP contribution >= 0.6 is 0 Å². The van der Waals surface area contributed by atoms with Crippen molar-refractivity contribution >= 4 is 0 Å². The van der Waals surface area contributed by atoms with Crippen molar-refractivity contribution < 1.29 is 4.74 Å². The number of nitrogens with zero attached hydrogens (tertiary/aromatic N) is 1. The molecule has 0 heterocycles. The van der Waals surface area contributed by atoms with E-state index in [4.69, 9.17) is 4.74 Å². The van der Waals surface area contributed by atoms with Crippen LogP contribution < -0.4 is 0 Å². The number of ether oxygens (including phenoxy) is 1. The molecule has 0 N–H and O–H groups in total. The predicted octanol–water partition coefficient (Wildman–Crippen LogP) is 2.10. The van der Waals surface area contributed by atoms with Crippen LogP contribution in [0.25, 0.3) is 0 Å². The van der Waals surface area contributed by atoms with Gasteiger partial charge in [0.25, 0.3) is 0 Å². The van der Waals surface area contributed by atoms with Gasteiger partial charge in [-0.05, 0) is 12.8 Å². The Labute approximate surface area is 70.5 Å². The van der Waals surface area contributed by atoms with Crippen LogP contribution in [0.4, 0.5) is 0 Å². The molecule has 0 aromatic heterocycles. The van der Waals surface area contributed by atoms with Crippen LogP contribution in [0.15, 0.2) is 0 Å². The molecular weight excluding hydrogens is 138 g/mol. The Kier molecular flexibility index (Phi) is 7.96.